The average molecular weight is 736 g/mol. The summed E-state index contributed by atoms with van der Waals surface area (Å²) >= 11 is 12.6. The number of rotatable bonds is 2. The molecule has 0 radical (unpaired) electrons. The molecule has 9 aliphatic rings. The van der Waals surface area contributed by atoms with Crippen molar-refractivity contribution in [1.29, 1.82) is 0 Å². The average Bonchev–Trinajstić information content (AvgIpc) is 3.39. The molecule has 0 amide bonds. The predicted molar refractivity (Wildman–Crippen MR) is 213 cm³/mol. The van der Waals surface area contributed by atoms with Gasteiger partial charge in [-0.2, -0.15) is 0 Å². The summed E-state index contributed by atoms with van der Waals surface area (Å²) < 4.78 is 0. The highest BCUT2D eigenvalue weighted by molar-refractivity contribution is 6.31. The number of fused-ring (bicyclic) bond motifs is 3. The van der Waals surface area contributed by atoms with E-state index in [-0.39, 0.29) is 7.43 Å². The highest BCUT2D eigenvalue weighted by Gasteiger charge is 2.61. The lowest BCUT2D eigenvalue weighted by atomic mass is 9.43. The van der Waals surface area contributed by atoms with Crippen molar-refractivity contribution < 1.29 is 15.0 Å². The molecule has 0 aromatic heterocycles. The van der Waals surface area contributed by atoms with E-state index in [1.807, 2.05) is 18.2 Å². The maximum atomic E-state index is 11.9. The van der Waals surface area contributed by atoms with Gasteiger partial charge < -0.3 is 10.2 Å². The smallest absolute Gasteiger partial charge is 0.300 e. The second kappa shape index (κ2) is 13.6. The Hall–Kier alpha value is -3.11. The van der Waals surface area contributed by atoms with Crippen molar-refractivity contribution in [3.05, 3.63) is 118 Å². The summed E-state index contributed by atoms with van der Waals surface area (Å²) in [5.74, 6) is 5.43. The Morgan fingerprint density at radius 3 is 1.58 bits per heavy atom. The number of halogens is 2. The molecule has 9 aliphatic carbocycles. The number of hydrogen-bond donors (Lipinski definition) is 2. The molecule has 0 heterocycles. The van der Waals surface area contributed by atoms with Crippen LogP contribution in [0.5, 0.6) is 0 Å². The van der Waals surface area contributed by atoms with Gasteiger partial charge in [-0.15, -0.1) is 0 Å². The molecule has 1 spiro atoms. The molecule has 5 heteroatoms. The van der Waals surface area contributed by atoms with Crippen LogP contribution in [-0.4, -0.2) is 16.2 Å². The molecule has 3 nitrogen and oxygen atoms in total. The lowest BCUT2D eigenvalue weighted by molar-refractivity contribution is -0.179. The molecule has 0 saturated heterocycles. The van der Waals surface area contributed by atoms with E-state index >= 15 is 0 Å². The van der Waals surface area contributed by atoms with E-state index < -0.39 is 11.6 Å². The monoisotopic (exact) mass is 734 g/mol. The molecule has 4 aromatic carbocycles. The molecule has 8 bridgehead atoms. The lowest BCUT2D eigenvalue weighted by Crippen LogP contribution is -2.55. The minimum absolute atomic E-state index is 0. The van der Waals surface area contributed by atoms with Crippen molar-refractivity contribution in [2.75, 3.05) is 0 Å². The molecular formula is C47H52Cl2O3. The highest BCUT2D eigenvalue weighted by Crippen LogP contribution is 2.69. The Balaban J connectivity index is 0.000000133. The van der Waals surface area contributed by atoms with Crippen LogP contribution in [0.15, 0.2) is 91.0 Å². The highest BCUT2D eigenvalue weighted by atomic mass is 35.5. The van der Waals surface area contributed by atoms with Crippen LogP contribution in [0.4, 0.5) is 0 Å². The molecule has 8 saturated carbocycles. The first-order valence-electron chi connectivity index (χ1n) is 19.3. The number of carboxylic acid groups (broad SMARTS) is 1. The van der Waals surface area contributed by atoms with Crippen molar-refractivity contribution >= 4 is 29.2 Å². The molecule has 0 aliphatic heterocycles. The third-order valence-electron chi connectivity index (χ3n) is 14.4. The van der Waals surface area contributed by atoms with E-state index in [1.165, 1.54) is 75.3 Å². The zero-order chi connectivity index (χ0) is 35.1. The standard InChI is InChI=1S/C22H23ClO.C22H21Cl.C2H4O2.CH4/c23-19-5-3-4-16(13-19)20-6-1-2-7-21(20)22(24)17-9-14-8-15(11-17)12-18(22)10-14;23-17-5-6-21-19(12-17)18-3-1-2-4-20(18)22(21)15-8-13-7-14(10-15)11-16(22)9-13;1-2(3)4;/h1-7,13-15,17-18,24H,8-12H2;1-6,12-16H,7-11H2;1H3,(H,3,4);1H4. The third kappa shape index (κ3) is 5.68. The van der Waals surface area contributed by atoms with Crippen LogP contribution >= 0.6 is 23.2 Å². The maximum absolute atomic E-state index is 11.9. The zero-order valence-corrected chi connectivity index (χ0v) is 30.9. The van der Waals surface area contributed by atoms with E-state index in [0.29, 0.717) is 17.3 Å². The molecule has 13 rings (SSSR count). The van der Waals surface area contributed by atoms with E-state index in [2.05, 4.69) is 72.8 Å². The summed E-state index contributed by atoms with van der Waals surface area (Å²) in [7, 11) is 0. The summed E-state index contributed by atoms with van der Waals surface area (Å²) in [6.07, 6.45) is 13.5. The fourth-order valence-corrected chi connectivity index (χ4v) is 13.6. The topological polar surface area (TPSA) is 57.5 Å². The second-order valence-electron chi connectivity index (χ2n) is 17.1. The van der Waals surface area contributed by atoms with Crippen LogP contribution < -0.4 is 0 Å². The Morgan fingerprint density at radius 2 is 1.02 bits per heavy atom. The fraction of sp³-hybridized carbons (Fsp3) is 0.468. The van der Waals surface area contributed by atoms with Gasteiger partial charge in [-0.25, -0.2) is 0 Å². The quantitative estimate of drug-likeness (QED) is 0.216. The van der Waals surface area contributed by atoms with Gasteiger partial charge in [0.05, 0.1) is 5.60 Å². The van der Waals surface area contributed by atoms with Crippen molar-refractivity contribution in [3.63, 3.8) is 0 Å². The maximum Gasteiger partial charge on any atom is 0.300 e. The summed E-state index contributed by atoms with van der Waals surface area (Å²) in [5.41, 5.74) is 9.10. The Kier molecular flexibility index (Phi) is 9.41. The lowest BCUT2D eigenvalue weighted by Gasteiger charge is -2.61. The molecule has 4 aromatic rings. The van der Waals surface area contributed by atoms with Crippen LogP contribution in [0, 0.1) is 47.3 Å². The summed E-state index contributed by atoms with van der Waals surface area (Å²) in [4.78, 5) is 9.00. The van der Waals surface area contributed by atoms with Gasteiger partial charge in [0.15, 0.2) is 0 Å². The molecule has 8 fully saturated rings. The first-order valence-corrected chi connectivity index (χ1v) is 20.1. The predicted octanol–water partition coefficient (Wildman–Crippen LogP) is 12.4. The Bertz CT molecular complexity index is 1920. The summed E-state index contributed by atoms with van der Waals surface area (Å²) in [6, 6.07) is 32.3. The number of hydrogen-bond acceptors (Lipinski definition) is 2. The van der Waals surface area contributed by atoms with E-state index in [9.17, 15) is 5.11 Å². The van der Waals surface area contributed by atoms with Gasteiger partial charge in [0.25, 0.3) is 5.97 Å². The van der Waals surface area contributed by atoms with Gasteiger partial charge in [0.2, 0.25) is 0 Å². The van der Waals surface area contributed by atoms with Gasteiger partial charge in [-0.05, 0) is 175 Å². The normalized spacial score (nSPS) is 34.7. The zero-order valence-electron chi connectivity index (χ0n) is 29.4. The Labute approximate surface area is 319 Å². The van der Waals surface area contributed by atoms with Crippen molar-refractivity contribution in [3.8, 4) is 22.3 Å². The van der Waals surface area contributed by atoms with Crippen molar-refractivity contribution in [2.45, 2.75) is 89.6 Å². The van der Waals surface area contributed by atoms with E-state index in [1.54, 1.807) is 11.1 Å². The third-order valence-corrected chi connectivity index (χ3v) is 14.9. The molecule has 272 valence electrons. The van der Waals surface area contributed by atoms with Crippen LogP contribution in [0.25, 0.3) is 22.3 Å². The second-order valence-corrected chi connectivity index (χ2v) is 18.0. The first kappa shape index (κ1) is 35.9. The summed E-state index contributed by atoms with van der Waals surface area (Å²) in [5, 5.41) is 21.0. The number of carbonyl (C=O) groups is 1. The van der Waals surface area contributed by atoms with E-state index in [0.717, 1.165) is 69.2 Å². The molecule has 2 N–H and O–H groups in total. The first-order chi connectivity index (χ1) is 24.6. The van der Waals surface area contributed by atoms with Gasteiger partial charge in [0, 0.05) is 22.4 Å². The summed E-state index contributed by atoms with van der Waals surface area (Å²) in [6.45, 7) is 1.08. The minimum atomic E-state index is -0.833. The molecule has 0 unspecified atom stereocenters. The fourth-order valence-electron chi connectivity index (χ4n) is 13.2. The number of aliphatic carboxylic acids is 1. The number of carboxylic acids is 1. The molecular weight excluding hydrogens is 683 g/mol. The van der Waals surface area contributed by atoms with Crippen molar-refractivity contribution in [1.82, 2.24) is 0 Å². The minimum Gasteiger partial charge on any atom is -0.481 e. The molecule has 52 heavy (non-hydrogen) atoms. The van der Waals surface area contributed by atoms with Gasteiger partial charge in [-0.3, -0.25) is 4.79 Å². The SMILES string of the molecule is C.CC(=O)O.Clc1ccc2c(c1)-c1ccccc1C21C2CC3CC(C2)CC1C3.OC1(c2ccccc2-c2cccc(Cl)c2)C2CC3CC(C2)CC1C3. The van der Waals surface area contributed by atoms with Crippen LogP contribution in [0.1, 0.15) is 95.2 Å². The van der Waals surface area contributed by atoms with Gasteiger partial charge in [0.1, 0.15) is 0 Å². The number of aliphatic hydroxyl groups is 1. The van der Waals surface area contributed by atoms with Gasteiger partial charge >= 0.3 is 0 Å². The Morgan fingerprint density at radius 1 is 0.558 bits per heavy atom. The van der Waals surface area contributed by atoms with Gasteiger partial charge in [-0.1, -0.05) is 97.4 Å². The van der Waals surface area contributed by atoms with Crippen LogP contribution in [-0.2, 0) is 15.8 Å². The van der Waals surface area contributed by atoms with E-state index in [4.69, 9.17) is 33.1 Å². The number of benzene rings is 4. The molecule has 0 atom stereocenters. The van der Waals surface area contributed by atoms with Crippen LogP contribution in [0.3, 0.4) is 0 Å². The largest absolute Gasteiger partial charge is 0.481 e. The van der Waals surface area contributed by atoms with Crippen molar-refractivity contribution in [2.24, 2.45) is 47.3 Å². The van der Waals surface area contributed by atoms with Crippen LogP contribution in [0.2, 0.25) is 10.0 Å².